The van der Waals surface area contributed by atoms with Gasteiger partial charge in [0.25, 0.3) is 5.89 Å². The minimum Gasteiger partial charge on any atom is -0.390 e. The van der Waals surface area contributed by atoms with Gasteiger partial charge in [0.2, 0.25) is 0 Å². The first kappa shape index (κ1) is 13.3. The summed E-state index contributed by atoms with van der Waals surface area (Å²) < 4.78 is 5.57. The molecule has 2 unspecified atom stereocenters. The van der Waals surface area contributed by atoms with Crippen molar-refractivity contribution in [3.8, 4) is 11.5 Å². The molecule has 0 bridgehead atoms. The third kappa shape index (κ3) is 2.27. The average Bonchev–Trinajstić information content (AvgIpc) is 3.14. The molecule has 2 aromatic heterocycles. The number of rotatable bonds is 2. The van der Waals surface area contributed by atoms with Crippen molar-refractivity contribution in [2.75, 3.05) is 5.73 Å². The maximum atomic E-state index is 6.18. The van der Waals surface area contributed by atoms with Crippen LogP contribution in [-0.2, 0) is 12.8 Å². The van der Waals surface area contributed by atoms with Gasteiger partial charge in [0.1, 0.15) is 0 Å². The number of aryl methyl sites for hydroxylation is 1. The highest BCUT2D eigenvalue weighted by atomic mass is 32.1. The van der Waals surface area contributed by atoms with Crippen molar-refractivity contribution in [3.63, 3.8) is 0 Å². The number of nitrogens with zero attached hydrogens (tertiary/aromatic N) is 2. The van der Waals surface area contributed by atoms with Crippen molar-refractivity contribution >= 4 is 16.3 Å². The molecule has 0 spiro atoms. The molecule has 5 heteroatoms. The van der Waals surface area contributed by atoms with E-state index in [-0.39, 0.29) is 0 Å². The van der Waals surface area contributed by atoms with E-state index in [9.17, 15) is 0 Å². The molecule has 0 saturated heterocycles. The largest absolute Gasteiger partial charge is 0.390 e. The fraction of sp³-hybridized carbons (Fsp3) is 0.625. The van der Waals surface area contributed by atoms with Crippen LogP contribution in [0.4, 0.5) is 5.00 Å². The van der Waals surface area contributed by atoms with E-state index in [1.165, 1.54) is 42.5 Å². The molecule has 2 N–H and O–H groups in total. The summed E-state index contributed by atoms with van der Waals surface area (Å²) in [6.07, 6.45) is 8.41. The van der Waals surface area contributed by atoms with Crippen molar-refractivity contribution < 1.29 is 4.52 Å². The summed E-state index contributed by atoms with van der Waals surface area (Å²) in [4.78, 5) is 6.11. The van der Waals surface area contributed by atoms with Gasteiger partial charge in [-0.2, -0.15) is 4.98 Å². The van der Waals surface area contributed by atoms with Gasteiger partial charge in [-0.05, 0) is 43.6 Å². The third-order valence-corrected chi connectivity index (χ3v) is 6.03. The zero-order valence-electron chi connectivity index (χ0n) is 12.4. The monoisotopic (exact) mass is 303 g/mol. The molecule has 0 aliphatic heterocycles. The molecule has 2 atom stereocenters. The summed E-state index contributed by atoms with van der Waals surface area (Å²) in [5.41, 5.74) is 8.56. The van der Waals surface area contributed by atoms with Gasteiger partial charge in [0.05, 0.1) is 10.6 Å². The van der Waals surface area contributed by atoms with E-state index in [2.05, 4.69) is 12.1 Å². The topological polar surface area (TPSA) is 64.9 Å². The second-order valence-corrected chi connectivity index (χ2v) is 7.66. The smallest absolute Gasteiger partial charge is 0.261 e. The molecule has 2 heterocycles. The highest BCUT2D eigenvalue weighted by Gasteiger charge is 2.28. The summed E-state index contributed by atoms with van der Waals surface area (Å²) in [6, 6.07) is 0. The van der Waals surface area contributed by atoms with Crippen molar-refractivity contribution in [2.24, 2.45) is 5.92 Å². The Labute approximate surface area is 128 Å². The Morgan fingerprint density at radius 2 is 2.14 bits per heavy atom. The van der Waals surface area contributed by atoms with Crippen LogP contribution in [0.1, 0.15) is 61.2 Å². The van der Waals surface area contributed by atoms with E-state index in [1.807, 2.05) is 0 Å². The molecule has 0 radical (unpaired) electrons. The lowest BCUT2D eigenvalue weighted by Gasteiger charge is -2.23. The number of nitrogens with two attached hydrogens (primary N) is 1. The van der Waals surface area contributed by atoms with Crippen LogP contribution in [-0.4, -0.2) is 10.1 Å². The second kappa shape index (κ2) is 5.13. The summed E-state index contributed by atoms with van der Waals surface area (Å²) in [6.45, 7) is 2.32. The van der Waals surface area contributed by atoms with Gasteiger partial charge in [0.15, 0.2) is 5.82 Å². The molecule has 4 nitrogen and oxygen atoms in total. The van der Waals surface area contributed by atoms with Gasteiger partial charge in [-0.15, -0.1) is 11.3 Å². The predicted octanol–water partition coefficient (Wildman–Crippen LogP) is 4.16. The number of anilines is 1. The molecule has 0 amide bonds. The quantitative estimate of drug-likeness (QED) is 0.904. The molecular weight excluding hydrogens is 282 g/mol. The van der Waals surface area contributed by atoms with Crippen molar-refractivity contribution in [3.05, 3.63) is 16.3 Å². The Morgan fingerprint density at radius 1 is 1.24 bits per heavy atom. The summed E-state index contributed by atoms with van der Waals surface area (Å²) in [7, 11) is 0. The summed E-state index contributed by atoms with van der Waals surface area (Å²) in [5.74, 6) is 2.74. The molecule has 2 aliphatic rings. The number of thiophene rings is 1. The van der Waals surface area contributed by atoms with Crippen LogP contribution >= 0.6 is 11.3 Å². The van der Waals surface area contributed by atoms with Crippen LogP contribution in [0.25, 0.3) is 11.5 Å². The van der Waals surface area contributed by atoms with Crippen LogP contribution < -0.4 is 5.73 Å². The first-order valence-corrected chi connectivity index (χ1v) is 8.78. The number of hydrogen-bond acceptors (Lipinski definition) is 5. The second-order valence-electron chi connectivity index (χ2n) is 6.52. The summed E-state index contributed by atoms with van der Waals surface area (Å²) >= 11 is 1.69. The van der Waals surface area contributed by atoms with E-state index in [0.29, 0.717) is 11.8 Å². The molecule has 2 aliphatic carbocycles. The molecule has 0 aromatic carbocycles. The fourth-order valence-electron chi connectivity index (χ4n) is 3.83. The van der Waals surface area contributed by atoms with Gasteiger partial charge in [-0.1, -0.05) is 24.9 Å². The van der Waals surface area contributed by atoms with Gasteiger partial charge in [0, 0.05) is 10.8 Å². The Kier molecular flexibility index (Phi) is 3.25. The fourth-order valence-corrected chi connectivity index (χ4v) is 4.98. The standard InChI is InChI=1S/C16H21N3OS/c1-9-4-2-5-10(8-9)15-18-16(20-19-15)13-11-6-3-7-12(11)21-14(13)17/h9-10H,2-8,17H2,1H3. The van der Waals surface area contributed by atoms with Crippen LogP contribution in [0.2, 0.25) is 0 Å². The minimum absolute atomic E-state index is 0.458. The van der Waals surface area contributed by atoms with Gasteiger partial charge in [-0.3, -0.25) is 0 Å². The third-order valence-electron chi connectivity index (χ3n) is 4.91. The van der Waals surface area contributed by atoms with Crippen LogP contribution in [0.3, 0.4) is 0 Å². The lowest BCUT2D eigenvalue weighted by molar-refractivity contribution is 0.324. The number of hydrogen-bond donors (Lipinski definition) is 1. The molecule has 1 fully saturated rings. The Bertz CT molecular complexity index is 661. The van der Waals surface area contributed by atoms with Crippen LogP contribution in [0, 0.1) is 5.92 Å². The minimum atomic E-state index is 0.458. The van der Waals surface area contributed by atoms with E-state index < -0.39 is 0 Å². The molecule has 21 heavy (non-hydrogen) atoms. The normalized spacial score (nSPS) is 25.2. The predicted molar refractivity (Wildman–Crippen MR) is 84.4 cm³/mol. The van der Waals surface area contributed by atoms with Crippen molar-refractivity contribution in [1.82, 2.24) is 10.1 Å². The molecule has 4 rings (SSSR count). The van der Waals surface area contributed by atoms with Crippen molar-refractivity contribution in [2.45, 2.75) is 57.8 Å². The van der Waals surface area contributed by atoms with Crippen molar-refractivity contribution in [1.29, 1.82) is 0 Å². The molecule has 2 aromatic rings. The van der Waals surface area contributed by atoms with Gasteiger partial charge in [-0.25, -0.2) is 0 Å². The van der Waals surface area contributed by atoms with E-state index in [1.54, 1.807) is 11.3 Å². The number of nitrogen functional groups attached to an aromatic ring is 1. The maximum absolute atomic E-state index is 6.18. The first-order chi connectivity index (χ1) is 10.2. The van der Waals surface area contributed by atoms with Gasteiger partial charge < -0.3 is 10.3 Å². The lowest BCUT2D eigenvalue weighted by atomic mass is 9.82. The average molecular weight is 303 g/mol. The Hall–Kier alpha value is -1.36. The van der Waals surface area contributed by atoms with Gasteiger partial charge >= 0.3 is 0 Å². The maximum Gasteiger partial charge on any atom is 0.261 e. The first-order valence-electron chi connectivity index (χ1n) is 7.96. The Balaban J connectivity index is 1.66. The van der Waals surface area contributed by atoms with E-state index in [0.717, 1.165) is 35.1 Å². The SMILES string of the molecule is CC1CCCC(c2noc(-c3c(N)sc4c3CCC4)n2)C1. The molecule has 1 saturated carbocycles. The molecular formula is C16H21N3OS. The molecule has 112 valence electrons. The van der Waals surface area contributed by atoms with Crippen LogP contribution in [0.5, 0.6) is 0 Å². The van der Waals surface area contributed by atoms with E-state index in [4.69, 9.17) is 15.2 Å². The zero-order chi connectivity index (χ0) is 14.4. The zero-order valence-corrected chi connectivity index (χ0v) is 13.2. The Morgan fingerprint density at radius 3 is 3.00 bits per heavy atom. The lowest BCUT2D eigenvalue weighted by Crippen LogP contribution is -2.12. The highest BCUT2D eigenvalue weighted by molar-refractivity contribution is 7.16. The summed E-state index contributed by atoms with van der Waals surface area (Å²) in [5, 5.41) is 5.10. The van der Waals surface area contributed by atoms with E-state index >= 15 is 0 Å². The number of aromatic nitrogens is 2. The number of fused-ring (bicyclic) bond motifs is 1. The highest BCUT2D eigenvalue weighted by Crippen LogP contribution is 2.43. The van der Waals surface area contributed by atoms with Crippen LogP contribution in [0.15, 0.2) is 4.52 Å².